The molecule has 0 bridgehead atoms. The summed E-state index contributed by atoms with van der Waals surface area (Å²) in [6, 6.07) is 9.96. The Morgan fingerprint density at radius 1 is 1.29 bits per heavy atom. The third kappa shape index (κ3) is 3.24. The highest BCUT2D eigenvalue weighted by Crippen LogP contribution is 2.36. The van der Waals surface area contributed by atoms with E-state index in [2.05, 4.69) is 48.3 Å². The molecule has 0 spiro atoms. The predicted molar refractivity (Wildman–Crippen MR) is 87.6 cm³/mol. The van der Waals surface area contributed by atoms with Crippen LogP contribution in [0.5, 0.6) is 0 Å². The number of nitrogens with one attached hydrogen (secondary N) is 1. The molecule has 2 atom stereocenters. The van der Waals surface area contributed by atoms with Crippen LogP contribution in [0.25, 0.3) is 0 Å². The van der Waals surface area contributed by atoms with Gasteiger partial charge in [0.1, 0.15) is 0 Å². The second kappa shape index (κ2) is 6.37. The first-order valence-electron chi connectivity index (χ1n) is 8.27. The van der Waals surface area contributed by atoms with Gasteiger partial charge in [-0.3, -0.25) is 0 Å². The van der Waals surface area contributed by atoms with Gasteiger partial charge >= 0.3 is 0 Å². The first-order valence-corrected chi connectivity index (χ1v) is 8.27. The number of hydrogen-bond donors (Lipinski definition) is 1. The van der Waals surface area contributed by atoms with Gasteiger partial charge < -0.3 is 15.0 Å². The largest absolute Gasteiger partial charge is 0.380 e. The van der Waals surface area contributed by atoms with Crippen LogP contribution in [0.1, 0.15) is 32.3 Å². The normalized spacial score (nSPS) is 26.4. The number of ether oxygens (including phenoxy) is 1. The second-order valence-corrected chi connectivity index (χ2v) is 6.88. The summed E-state index contributed by atoms with van der Waals surface area (Å²) in [6.07, 6.45) is 2.80. The molecule has 1 aromatic carbocycles. The zero-order valence-corrected chi connectivity index (χ0v) is 13.5. The summed E-state index contributed by atoms with van der Waals surface area (Å²) in [6.45, 7) is 7.58. The lowest BCUT2D eigenvalue weighted by molar-refractivity contribution is 0.184. The smallest absolute Gasteiger partial charge is 0.0733 e. The molecule has 2 aliphatic rings. The number of anilines is 1. The van der Waals surface area contributed by atoms with E-state index in [1.807, 2.05) is 0 Å². The Hall–Kier alpha value is -1.06. The minimum atomic E-state index is 0.568. The van der Waals surface area contributed by atoms with Gasteiger partial charge in [0.25, 0.3) is 0 Å². The van der Waals surface area contributed by atoms with Crippen LogP contribution in [0.3, 0.4) is 0 Å². The number of piperazine rings is 1. The first-order chi connectivity index (χ1) is 10.2. The van der Waals surface area contributed by atoms with Crippen LogP contribution in [-0.4, -0.2) is 32.3 Å². The number of para-hydroxylation sites is 1. The molecule has 2 fully saturated rings. The lowest BCUT2D eigenvalue weighted by Gasteiger charge is -2.45. The summed E-state index contributed by atoms with van der Waals surface area (Å²) >= 11 is 0. The summed E-state index contributed by atoms with van der Waals surface area (Å²) < 4.78 is 5.40. The first kappa shape index (κ1) is 14.9. The topological polar surface area (TPSA) is 24.5 Å². The van der Waals surface area contributed by atoms with Gasteiger partial charge in [-0.05, 0) is 30.7 Å². The fraction of sp³-hybridized carbons (Fsp3) is 0.667. The van der Waals surface area contributed by atoms with Crippen molar-refractivity contribution in [3.05, 3.63) is 29.8 Å². The predicted octanol–water partition coefficient (Wildman–Crippen LogP) is 3.05. The average Bonchev–Trinajstić information content (AvgIpc) is 3.32. The summed E-state index contributed by atoms with van der Waals surface area (Å²) in [5, 5.41) is 3.79. The Morgan fingerprint density at radius 3 is 2.71 bits per heavy atom. The van der Waals surface area contributed by atoms with E-state index in [0.717, 1.165) is 19.0 Å². The maximum Gasteiger partial charge on any atom is 0.0733 e. The molecule has 3 nitrogen and oxygen atoms in total. The third-order valence-corrected chi connectivity index (χ3v) is 4.94. The molecule has 1 aliphatic carbocycles. The van der Waals surface area contributed by atoms with Crippen molar-refractivity contribution in [3.8, 4) is 0 Å². The maximum atomic E-state index is 5.40. The molecule has 1 saturated carbocycles. The van der Waals surface area contributed by atoms with Gasteiger partial charge in [0.15, 0.2) is 0 Å². The Balaban J connectivity index is 1.87. The molecule has 2 unspecified atom stereocenters. The molecule has 3 rings (SSSR count). The highest BCUT2D eigenvalue weighted by molar-refractivity contribution is 5.55. The zero-order valence-electron chi connectivity index (χ0n) is 13.5. The highest BCUT2D eigenvalue weighted by atomic mass is 16.5. The van der Waals surface area contributed by atoms with Crippen molar-refractivity contribution in [2.45, 2.75) is 45.4 Å². The van der Waals surface area contributed by atoms with Gasteiger partial charge in [-0.2, -0.15) is 0 Å². The van der Waals surface area contributed by atoms with E-state index in [4.69, 9.17) is 4.74 Å². The molecule has 1 heterocycles. The van der Waals surface area contributed by atoms with E-state index in [0.29, 0.717) is 24.6 Å². The van der Waals surface area contributed by atoms with E-state index in [1.54, 1.807) is 7.11 Å². The zero-order chi connectivity index (χ0) is 14.8. The molecule has 21 heavy (non-hydrogen) atoms. The van der Waals surface area contributed by atoms with Crippen LogP contribution in [-0.2, 0) is 11.3 Å². The van der Waals surface area contributed by atoms with Crippen LogP contribution >= 0.6 is 0 Å². The lowest BCUT2D eigenvalue weighted by Crippen LogP contribution is -2.59. The molecule has 0 amide bonds. The summed E-state index contributed by atoms with van der Waals surface area (Å²) in [7, 11) is 1.78. The van der Waals surface area contributed by atoms with E-state index in [-0.39, 0.29) is 0 Å². The van der Waals surface area contributed by atoms with Gasteiger partial charge in [-0.1, -0.05) is 32.0 Å². The van der Waals surface area contributed by atoms with Gasteiger partial charge in [0, 0.05) is 43.5 Å². The quantitative estimate of drug-likeness (QED) is 0.901. The van der Waals surface area contributed by atoms with Gasteiger partial charge in [0.05, 0.1) is 6.61 Å². The molecule has 0 radical (unpaired) electrons. The van der Waals surface area contributed by atoms with E-state index >= 15 is 0 Å². The molecule has 1 aliphatic heterocycles. The summed E-state index contributed by atoms with van der Waals surface area (Å²) in [4.78, 5) is 2.64. The van der Waals surface area contributed by atoms with Crippen molar-refractivity contribution in [2.24, 2.45) is 11.8 Å². The molecular formula is C18H28N2O. The van der Waals surface area contributed by atoms with E-state index in [1.165, 1.54) is 24.1 Å². The molecular weight excluding hydrogens is 260 g/mol. The fourth-order valence-electron chi connectivity index (χ4n) is 3.55. The fourth-order valence-corrected chi connectivity index (χ4v) is 3.55. The SMILES string of the molecule is COCc1ccccc1N1CC(C2CC2)NCC1C(C)C. The highest BCUT2D eigenvalue weighted by Gasteiger charge is 2.38. The van der Waals surface area contributed by atoms with Crippen molar-refractivity contribution in [3.63, 3.8) is 0 Å². The van der Waals surface area contributed by atoms with Crippen molar-refractivity contribution in [1.29, 1.82) is 0 Å². The standard InChI is InChI=1S/C18H28N2O/c1-13(2)18-10-19-16(14-8-9-14)11-20(18)17-7-5-4-6-15(17)12-21-3/h4-7,13-14,16,18-19H,8-12H2,1-3H3. The number of rotatable bonds is 5. The van der Waals surface area contributed by atoms with Crippen molar-refractivity contribution < 1.29 is 4.74 Å². The Labute approximate surface area is 128 Å². The van der Waals surface area contributed by atoms with Crippen molar-refractivity contribution in [1.82, 2.24) is 5.32 Å². The van der Waals surface area contributed by atoms with E-state index < -0.39 is 0 Å². The van der Waals surface area contributed by atoms with Crippen LogP contribution in [0.4, 0.5) is 5.69 Å². The molecule has 3 heteroatoms. The number of nitrogens with zero attached hydrogens (tertiary/aromatic N) is 1. The Kier molecular flexibility index (Phi) is 4.51. The monoisotopic (exact) mass is 288 g/mol. The summed E-state index contributed by atoms with van der Waals surface area (Å²) in [5.41, 5.74) is 2.67. The second-order valence-electron chi connectivity index (χ2n) is 6.88. The number of hydrogen-bond acceptors (Lipinski definition) is 3. The minimum Gasteiger partial charge on any atom is -0.380 e. The van der Waals surface area contributed by atoms with Crippen molar-refractivity contribution in [2.75, 3.05) is 25.1 Å². The molecule has 1 N–H and O–H groups in total. The van der Waals surface area contributed by atoms with Gasteiger partial charge in [-0.25, -0.2) is 0 Å². The van der Waals surface area contributed by atoms with Gasteiger partial charge in [-0.15, -0.1) is 0 Å². The van der Waals surface area contributed by atoms with Crippen molar-refractivity contribution >= 4 is 5.69 Å². The van der Waals surface area contributed by atoms with Crippen LogP contribution in [0.2, 0.25) is 0 Å². The van der Waals surface area contributed by atoms with Crippen LogP contribution in [0, 0.1) is 11.8 Å². The maximum absolute atomic E-state index is 5.40. The average molecular weight is 288 g/mol. The lowest BCUT2D eigenvalue weighted by atomic mass is 9.95. The van der Waals surface area contributed by atoms with Gasteiger partial charge in [0.2, 0.25) is 0 Å². The Morgan fingerprint density at radius 2 is 2.05 bits per heavy atom. The Bertz CT molecular complexity index is 470. The molecule has 1 aromatic rings. The third-order valence-electron chi connectivity index (χ3n) is 4.94. The van der Waals surface area contributed by atoms with E-state index in [9.17, 15) is 0 Å². The molecule has 116 valence electrons. The molecule has 1 saturated heterocycles. The number of benzene rings is 1. The number of methoxy groups -OCH3 is 1. The van der Waals surface area contributed by atoms with Crippen LogP contribution < -0.4 is 10.2 Å². The van der Waals surface area contributed by atoms with Crippen LogP contribution in [0.15, 0.2) is 24.3 Å². The summed E-state index contributed by atoms with van der Waals surface area (Å²) in [5.74, 6) is 1.54. The molecule has 0 aromatic heterocycles. The minimum absolute atomic E-state index is 0.568.